The average molecular weight is 521 g/mol. The minimum Gasteiger partial charge on any atom is -0.396 e. The van der Waals surface area contributed by atoms with Gasteiger partial charge in [0.25, 0.3) is 5.91 Å². The molecule has 1 heterocycles. The van der Waals surface area contributed by atoms with Crippen molar-refractivity contribution in [3.63, 3.8) is 0 Å². The zero-order valence-electron chi connectivity index (χ0n) is 20.4. The number of halogens is 1. The van der Waals surface area contributed by atoms with Gasteiger partial charge in [-0.25, -0.2) is 0 Å². The fraction of sp³-hybridized carbons (Fsp3) is 0.214. The van der Waals surface area contributed by atoms with Crippen molar-refractivity contribution >= 4 is 51.7 Å². The number of fused-ring (bicyclic) bond motifs is 1. The largest absolute Gasteiger partial charge is 0.396 e. The van der Waals surface area contributed by atoms with Crippen LogP contribution in [0.3, 0.4) is 0 Å². The first-order valence-corrected chi connectivity index (χ1v) is 12.2. The quantitative estimate of drug-likeness (QED) is 0.274. The lowest BCUT2D eigenvalue weighted by molar-refractivity contribution is -0.124. The Kier molecular flexibility index (Phi) is 7.94. The minimum atomic E-state index is -1.37. The molecule has 0 radical (unpaired) electrons. The normalized spacial score (nSPS) is 14.1. The molecule has 4 rings (SSSR count). The van der Waals surface area contributed by atoms with Crippen LogP contribution in [-0.2, 0) is 9.59 Å². The zero-order chi connectivity index (χ0) is 26.6. The number of aliphatic hydroxyl groups is 2. The van der Waals surface area contributed by atoms with Gasteiger partial charge in [0.1, 0.15) is 5.54 Å². The predicted molar refractivity (Wildman–Crippen MR) is 147 cm³/mol. The van der Waals surface area contributed by atoms with Crippen LogP contribution in [0, 0.1) is 0 Å². The molecule has 0 spiro atoms. The first-order valence-electron chi connectivity index (χ1n) is 11.8. The summed E-state index contributed by atoms with van der Waals surface area (Å²) in [7, 11) is 1.60. The van der Waals surface area contributed by atoms with Gasteiger partial charge in [0.2, 0.25) is 5.91 Å². The maximum Gasteiger partial charge on any atom is 0.258 e. The number of likely N-dealkylation sites (N-methyl/N-ethyl adjacent to an activating group) is 1. The summed E-state index contributed by atoms with van der Waals surface area (Å²) < 4.78 is 0. The second kappa shape index (κ2) is 11.1. The van der Waals surface area contributed by atoms with Gasteiger partial charge >= 0.3 is 0 Å². The molecule has 0 aromatic heterocycles. The van der Waals surface area contributed by atoms with Crippen molar-refractivity contribution in [3.05, 3.63) is 88.9 Å². The highest BCUT2D eigenvalue weighted by Crippen LogP contribution is 2.39. The van der Waals surface area contributed by atoms with Gasteiger partial charge in [-0.1, -0.05) is 48.0 Å². The van der Waals surface area contributed by atoms with Crippen molar-refractivity contribution in [1.29, 1.82) is 0 Å². The van der Waals surface area contributed by atoms with E-state index in [1.807, 2.05) is 36.4 Å². The van der Waals surface area contributed by atoms with E-state index in [0.29, 0.717) is 33.4 Å². The van der Waals surface area contributed by atoms with Crippen LogP contribution in [0.25, 0.3) is 11.3 Å². The lowest BCUT2D eigenvalue weighted by atomic mass is 9.91. The third-order valence-corrected chi connectivity index (χ3v) is 6.64. The Bertz CT molecular complexity index is 1320. The van der Waals surface area contributed by atoms with Crippen LogP contribution >= 0.6 is 11.6 Å². The number of aliphatic hydroxyl groups excluding tert-OH is 2. The van der Waals surface area contributed by atoms with Gasteiger partial charge in [-0.05, 0) is 54.8 Å². The number of amides is 2. The highest BCUT2D eigenvalue weighted by molar-refractivity contribution is 6.38. The molecule has 37 heavy (non-hydrogen) atoms. The summed E-state index contributed by atoms with van der Waals surface area (Å²) in [6.07, 6.45) is 0.0816. The van der Waals surface area contributed by atoms with E-state index < -0.39 is 11.4 Å². The highest BCUT2D eigenvalue weighted by Gasteiger charge is 2.36. The summed E-state index contributed by atoms with van der Waals surface area (Å²) in [6.45, 7) is -0.530. The Morgan fingerprint density at radius 2 is 1.68 bits per heavy atom. The SMILES string of the molecule is CN(C(=O)C(N)(CCO)CCO)c1ccc(N/C(=C2\C(=O)Nc3cc(Cl)ccc32)c2ccccc2)cc1. The molecular weight excluding hydrogens is 492 g/mol. The molecule has 2 amide bonds. The summed E-state index contributed by atoms with van der Waals surface area (Å²) >= 11 is 6.13. The molecule has 0 unspecified atom stereocenters. The van der Waals surface area contributed by atoms with Crippen LogP contribution in [-0.4, -0.2) is 47.8 Å². The van der Waals surface area contributed by atoms with Crippen LogP contribution in [0.15, 0.2) is 72.8 Å². The fourth-order valence-electron chi connectivity index (χ4n) is 4.38. The fourth-order valence-corrected chi connectivity index (χ4v) is 4.55. The summed E-state index contributed by atoms with van der Waals surface area (Å²) in [5, 5.41) is 25.5. The molecule has 0 bridgehead atoms. The van der Waals surface area contributed by atoms with Crippen LogP contribution in [0.5, 0.6) is 0 Å². The zero-order valence-corrected chi connectivity index (χ0v) is 21.1. The number of hydrogen-bond acceptors (Lipinski definition) is 6. The molecule has 1 aliphatic heterocycles. The van der Waals surface area contributed by atoms with Gasteiger partial charge in [-0.15, -0.1) is 0 Å². The predicted octanol–water partition coefficient (Wildman–Crippen LogP) is 3.70. The number of carbonyl (C=O) groups is 2. The van der Waals surface area contributed by atoms with Crippen molar-refractivity contribution < 1.29 is 19.8 Å². The van der Waals surface area contributed by atoms with E-state index in [-0.39, 0.29) is 32.0 Å². The Labute approximate surface area is 220 Å². The standard InChI is InChI=1S/C28H29ClN4O4/c1-33(27(37)28(30,13-15-34)14-16-35)21-10-8-20(9-11-21)31-25(18-5-3-2-4-6-18)24-22-12-7-19(29)17-23(22)32-26(24)36/h2-12,17,31,34-35H,13-16,30H2,1H3,(H,32,36)/b25-24-. The third kappa shape index (κ3) is 5.52. The summed E-state index contributed by atoms with van der Waals surface area (Å²) in [5.41, 5.74) is 9.49. The average Bonchev–Trinajstić information content (AvgIpc) is 3.22. The summed E-state index contributed by atoms with van der Waals surface area (Å²) in [6, 6.07) is 21.9. The van der Waals surface area contributed by atoms with Crippen molar-refractivity contribution in [2.45, 2.75) is 18.4 Å². The third-order valence-electron chi connectivity index (χ3n) is 6.41. The van der Waals surface area contributed by atoms with Crippen LogP contribution in [0.2, 0.25) is 5.02 Å². The van der Waals surface area contributed by atoms with Crippen molar-refractivity contribution in [2.75, 3.05) is 35.8 Å². The van der Waals surface area contributed by atoms with Gasteiger partial charge in [0.05, 0.1) is 17.0 Å². The van der Waals surface area contributed by atoms with E-state index in [0.717, 1.165) is 11.1 Å². The van der Waals surface area contributed by atoms with Crippen LogP contribution in [0.4, 0.5) is 17.1 Å². The Balaban J connectivity index is 1.66. The van der Waals surface area contributed by atoms with E-state index in [2.05, 4.69) is 10.6 Å². The number of anilines is 3. The second-order valence-corrected chi connectivity index (χ2v) is 9.34. The van der Waals surface area contributed by atoms with E-state index in [9.17, 15) is 19.8 Å². The molecule has 192 valence electrons. The van der Waals surface area contributed by atoms with Crippen LogP contribution < -0.4 is 21.3 Å². The molecule has 0 aliphatic carbocycles. The van der Waals surface area contributed by atoms with Gasteiger partial charge in [-0.2, -0.15) is 0 Å². The first-order chi connectivity index (χ1) is 17.8. The maximum absolute atomic E-state index is 13.0. The smallest absolute Gasteiger partial charge is 0.258 e. The molecule has 1 aliphatic rings. The molecule has 3 aromatic rings. The summed E-state index contributed by atoms with van der Waals surface area (Å²) in [5.74, 6) is -0.640. The Morgan fingerprint density at radius 3 is 2.30 bits per heavy atom. The lowest BCUT2D eigenvalue weighted by Gasteiger charge is -2.31. The number of hydrogen-bond donors (Lipinski definition) is 5. The number of benzene rings is 3. The topological polar surface area (TPSA) is 128 Å². The number of rotatable bonds is 9. The van der Waals surface area contributed by atoms with Crippen molar-refractivity contribution in [2.24, 2.45) is 5.73 Å². The van der Waals surface area contributed by atoms with Gasteiger partial charge in [0.15, 0.2) is 0 Å². The number of nitrogens with zero attached hydrogens (tertiary/aromatic N) is 1. The van der Waals surface area contributed by atoms with E-state index in [4.69, 9.17) is 17.3 Å². The maximum atomic E-state index is 13.0. The molecular formula is C28H29ClN4O4. The number of nitrogens with two attached hydrogens (primary N) is 1. The van der Waals surface area contributed by atoms with Gasteiger partial charge in [-0.3, -0.25) is 9.59 Å². The summed E-state index contributed by atoms with van der Waals surface area (Å²) in [4.78, 5) is 27.5. The molecule has 0 fully saturated rings. The second-order valence-electron chi connectivity index (χ2n) is 8.90. The van der Waals surface area contributed by atoms with Crippen LogP contribution in [0.1, 0.15) is 24.0 Å². The molecule has 3 aromatic carbocycles. The molecule has 6 N–H and O–H groups in total. The Morgan fingerprint density at radius 1 is 1.03 bits per heavy atom. The van der Waals surface area contributed by atoms with Gasteiger partial charge < -0.3 is 31.5 Å². The van der Waals surface area contributed by atoms with E-state index >= 15 is 0 Å². The lowest BCUT2D eigenvalue weighted by Crippen LogP contribution is -2.55. The van der Waals surface area contributed by atoms with Crippen molar-refractivity contribution in [1.82, 2.24) is 0 Å². The van der Waals surface area contributed by atoms with E-state index in [1.165, 1.54) is 4.90 Å². The highest BCUT2D eigenvalue weighted by atomic mass is 35.5. The molecule has 0 saturated carbocycles. The number of nitrogens with one attached hydrogen (secondary N) is 2. The Hall–Kier alpha value is -3.69. The monoisotopic (exact) mass is 520 g/mol. The molecule has 8 nitrogen and oxygen atoms in total. The first kappa shape index (κ1) is 26.4. The van der Waals surface area contributed by atoms with Crippen molar-refractivity contribution in [3.8, 4) is 0 Å². The van der Waals surface area contributed by atoms with Gasteiger partial charge in [0, 0.05) is 42.2 Å². The molecule has 0 saturated heterocycles. The molecule has 9 heteroatoms. The minimum absolute atomic E-state index is 0.0408. The number of carbonyl (C=O) groups excluding carboxylic acids is 2. The molecule has 0 atom stereocenters. The van der Waals surface area contributed by atoms with E-state index in [1.54, 1.807) is 43.4 Å².